The van der Waals surface area contributed by atoms with Gasteiger partial charge in [-0.3, -0.25) is 9.78 Å². The van der Waals surface area contributed by atoms with E-state index in [2.05, 4.69) is 35.1 Å². The number of carbonyl (C=O) groups excluding carboxylic acids is 1. The van der Waals surface area contributed by atoms with E-state index >= 15 is 0 Å². The second-order valence-electron chi connectivity index (χ2n) is 10.2. The van der Waals surface area contributed by atoms with E-state index in [0.717, 1.165) is 24.1 Å². The van der Waals surface area contributed by atoms with Crippen molar-refractivity contribution in [1.29, 1.82) is 5.26 Å². The van der Waals surface area contributed by atoms with Gasteiger partial charge in [-0.05, 0) is 47.9 Å². The minimum atomic E-state index is -0.682. The molecule has 0 radical (unpaired) electrons. The van der Waals surface area contributed by atoms with Crippen molar-refractivity contribution in [3.63, 3.8) is 0 Å². The molecule has 0 spiro atoms. The molecule has 7 nitrogen and oxygen atoms in total. The molecule has 9 heteroatoms. The van der Waals surface area contributed by atoms with Crippen molar-refractivity contribution < 1.29 is 13.6 Å². The van der Waals surface area contributed by atoms with Gasteiger partial charge in [0.05, 0.1) is 46.2 Å². The van der Waals surface area contributed by atoms with E-state index in [1.807, 2.05) is 0 Å². The van der Waals surface area contributed by atoms with Crippen molar-refractivity contribution in [3.8, 4) is 17.3 Å². The molecule has 2 atom stereocenters. The summed E-state index contributed by atoms with van der Waals surface area (Å²) in [5, 5.41) is 17.8. The van der Waals surface area contributed by atoms with Gasteiger partial charge in [0.15, 0.2) is 0 Å². The number of aromatic nitrogens is 4. The van der Waals surface area contributed by atoms with Gasteiger partial charge in [-0.15, -0.1) is 5.10 Å². The van der Waals surface area contributed by atoms with Crippen molar-refractivity contribution in [2.45, 2.75) is 38.0 Å². The van der Waals surface area contributed by atoms with Gasteiger partial charge in [0.2, 0.25) is 0 Å². The van der Waals surface area contributed by atoms with Crippen LogP contribution in [0.4, 0.5) is 8.78 Å². The molecule has 2 fully saturated rings. The first-order chi connectivity index (χ1) is 16.8. The highest BCUT2D eigenvalue weighted by Crippen LogP contribution is 2.69. The van der Waals surface area contributed by atoms with Crippen LogP contribution in [-0.4, -0.2) is 44.1 Å². The Kier molecular flexibility index (Phi) is 4.56. The predicted molar refractivity (Wildman–Crippen MR) is 121 cm³/mol. The second-order valence-corrected chi connectivity index (χ2v) is 10.2. The van der Waals surface area contributed by atoms with Crippen molar-refractivity contribution in [3.05, 3.63) is 70.9 Å². The molecule has 2 aliphatic carbocycles. The van der Waals surface area contributed by atoms with Crippen LogP contribution in [0.25, 0.3) is 11.3 Å². The molecule has 0 unspecified atom stereocenters. The molecular formula is C26H22F2N6O. The summed E-state index contributed by atoms with van der Waals surface area (Å²) in [7, 11) is 0. The molecule has 1 saturated carbocycles. The second kappa shape index (κ2) is 7.35. The van der Waals surface area contributed by atoms with Crippen LogP contribution in [-0.2, 0) is 5.41 Å². The van der Waals surface area contributed by atoms with Gasteiger partial charge in [0, 0.05) is 19.3 Å². The van der Waals surface area contributed by atoms with Crippen LogP contribution in [0.2, 0.25) is 0 Å². The van der Waals surface area contributed by atoms with Gasteiger partial charge in [-0.25, -0.2) is 13.8 Å². The zero-order valence-corrected chi connectivity index (χ0v) is 19.3. The van der Waals surface area contributed by atoms with Crippen molar-refractivity contribution in [2.75, 3.05) is 13.1 Å². The average molecular weight is 472 g/mol. The van der Waals surface area contributed by atoms with Crippen molar-refractivity contribution >= 4 is 5.91 Å². The molecule has 1 aromatic carbocycles. The Balaban J connectivity index is 1.44. The molecule has 3 aliphatic rings. The Morgan fingerprint density at radius 3 is 2.63 bits per heavy atom. The summed E-state index contributed by atoms with van der Waals surface area (Å²) in [6.07, 6.45) is 4.73. The van der Waals surface area contributed by atoms with E-state index in [-0.39, 0.29) is 40.1 Å². The largest absolute Gasteiger partial charge is 0.334 e. The van der Waals surface area contributed by atoms with E-state index in [1.165, 1.54) is 24.4 Å². The first-order valence-electron chi connectivity index (χ1n) is 11.6. The van der Waals surface area contributed by atoms with Crippen LogP contribution in [0.3, 0.4) is 0 Å². The van der Waals surface area contributed by atoms with Crippen LogP contribution in [0, 0.1) is 34.3 Å². The SMILES string of the molecule is CC1(C)[C@H]2CC[C@]1(c1cncc(C(=O)N3CC(C#N)C3)n1)c1nnc(-c3c(F)cccc3F)cc12. The van der Waals surface area contributed by atoms with Crippen LogP contribution in [0.15, 0.2) is 36.7 Å². The van der Waals surface area contributed by atoms with Crippen LogP contribution < -0.4 is 0 Å². The number of hydrogen-bond donors (Lipinski definition) is 0. The number of rotatable bonds is 3. The van der Waals surface area contributed by atoms with E-state index in [9.17, 15) is 13.6 Å². The molecule has 0 N–H and O–H groups in total. The minimum Gasteiger partial charge on any atom is -0.334 e. The third kappa shape index (κ3) is 2.83. The minimum absolute atomic E-state index is 0.0921. The normalized spacial score (nSPS) is 24.1. The quantitative estimate of drug-likeness (QED) is 0.572. The molecule has 3 aromatic rings. The highest BCUT2D eigenvalue weighted by atomic mass is 19.1. The van der Waals surface area contributed by atoms with E-state index in [1.54, 1.807) is 17.2 Å². The van der Waals surface area contributed by atoms with Crippen LogP contribution in [0.1, 0.15) is 60.0 Å². The molecule has 2 aromatic heterocycles. The van der Waals surface area contributed by atoms with Gasteiger partial charge in [0.25, 0.3) is 5.91 Å². The fraction of sp³-hybridized carbons (Fsp3) is 0.385. The lowest BCUT2D eigenvalue weighted by atomic mass is 9.66. The zero-order valence-electron chi connectivity index (χ0n) is 19.3. The Hall–Kier alpha value is -3.80. The maximum absolute atomic E-state index is 14.5. The maximum Gasteiger partial charge on any atom is 0.274 e. The summed E-state index contributed by atoms with van der Waals surface area (Å²) in [5.41, 5.74) is 1.55. The number of likely N-dealkylation sites (tertiary alicyclic amines) is 1. The molecule has 176 valence electrons. The van der Waals surface area contributed by atoms with Crippen molar-refractivity contribution in [1.82, 2.24) is 25.1 Å². The third-order valence-corrected chi connectivity index (χ3v) is 8.24. The summed E-state index contributed by atoms with van der Waals surface area (Å²) in [4.78, 5) is 23.6. The molecule has 3 heterocycles. The van der Waals surface area contributed by atoms with Crippen molar-refractivity contribution in [2.24, 2.45) is 11.3 Å². The smallest absolute Gasteiger partial charge is 0.274 e. The Labute approximate surface area is 200 Å². The molecule has 2 bridgehead atoms. The molecular weight excluding hydrogens is 450 g/mol. The molecule has 1 amide bonds. The number of nitriles is 1. The summed E-state index contributed by atoms with van der Waals surface area (Å²) in [6, 6.07) is 7.66. The monoisotopic (exact) mass is 472 g/mol. The van der Waals surface area contributed by atoms with E-state index in [0.29, 0.717) is 18.8 Å². The topological polar surface area (TPSA) is 95.7 Å². The van der Waals surface area contributed by atoms with Gasteiger partial charge in [-0.1, -0.05) is 19.9 Å². The number of amides is 1. The van der Waals surface area contributed by atoms with Crippen LogP contribution in [0.5, 0.6) is 0 Å². The number of carbonyl (C=O) groups is 1. The highest BCUT2D eigenvalue weighted by Gasteiger charge is 2.65. The predicted octanol–water partition coefficient (Wildman–Crippen LogP) is 4.01. The number of benzene rings is 1. The van der Waals surface area contributed by atoms with Gasteiger partial charge in [-0.2, -0.15) is 10.4 Å². The number of halogens is 2. The Morgan fingerprint density at radius 1 is 1.17 bits per heavy atom. The fourth-order valence-electron chi connectivity index (χ4n) is 6.32. The number of fused-ring (bicyclic) bond motifs is 5. The first-order valence-corrected chi connectivity index (χ1v) is 11.6. The van der Waals surface area contributed by atoms with Gasteiger partial charge < -0.3 is 4.90 Å². The summed E-state index contributed by atoms with van der Waals surface area (Å²) in [6.45, 7) is 5.06. The average Bonchev–Trinajstić information content (AvgIpc) is 3.19. The lowest BCUT2D eigenvalue weighted by Crippen LogP contribution is -2.49. The van der Waals surface area contributed by atoms with Crippen LogP contribution >= 0.6 is 0 Å². The third-order valence-electron chi connectivity index (χ3n) is 8.24. The molecule has 1 aliphatic heterocycles. The first kappa shape index (κ1) is 21.7. The van der Waals surface area contributed by atoms with E-state index < -0.39 is 17.0 Å². The molecule has 35 heavy (non-hydrogen) atoms. The lowest BCUT2D eigenvalue weighted by molar-refractivity contribution is 0.0569. The standard InChI is InChI=1S/C26H22F2N6O/c1-25(2)16-6-7-26(25,21-11-30-10-20(31-21)24(35)34-12-14(9-29)13-34)23-15(16)8-19(32-33-23)22-17(27)4-3-5-18(22)28/h3-5,8,10-11,14,16H,6-7,12-13H2,1-2H3/t16-,26-/m0/s1. The van der Waals surface area contributed by atoms with Gasteiger partial charge >= 0.3 is 0 Å². The molecule has 6 rings (SSSR count). The maximum atomic E-state index is 14.5. The summed E-state index contributed by atoms with van der Waals surface area (Å²) in [5.74, 6) is -1.66. The highest BCUT2D eigenvalue weighted by molar-refractivity contribution is 5.92. The fourth-order valence-corrected chi connectivity index (χ4v) is 6.32. The number of nitrogens with zero attached hydrogens (tertiary/aromatic N) is 6. The number of hydrogen-bond acceptors (Lipinski definition) is 6. The van der Waals surface area contributed by atoms with E-state index in [4.69, 9.17) is 10.2 Å². The lowest BCUT2D eigenvalue weighted by Gasteiger charge is -2.38. The summed E-state index contributed by atoms with van der Waals surface area (Å²) < 4.78 is 28.9. The zero-order chi connectivity index (χ0) is 24.5. The molecule has 1 saturated heterocycles. The van der Waals surface area contributed by atoms with Gasteiger partial charge in [0.1, 0.15) is 17.3 Å². The summed E-state index contributed by atoms with van der Waals surface area (Å²) >= 11 is 0. The Morgan fingerprint density at radius 2 is 1.91 bits per heavy atom. The Bertz CT molecular complexity index is 1410.